The Hall–Kier alpha value is -2.79. The topological polar surface area (TPSA) is 49.9 Å². The summed E-state index contributed by atoms with van der Waals surface area (Å²) in [6.45, 7) is 2.02. The number of methoxy groups -OCH3 is 1. The van der Waals surface area contributed by atoms with Gasteiger partial charge in [-0.15, -0.1) is 0 Å². The van der Waals surface area contributed by atoms with Gasteiger partial charge in [0, 0.05) is 42.8 Å². The molecular formula is C21H21ClN2O3. The van der Waals surface area contributed by atoms with Gasteiger partial charge < -0.3 is 14.5 Å². The minimum Gasteiger partial charge on any atom is -0.497 e. The maximum atomic E-state index is 12.5. The van der Waals surface area contributed by atoms with Gasteiger partial charge in [0.1, 0.15) is 5.75 Å². The molecule has 1 heterocycles. The van der Waals surface area contributed by atoms with E-state index in [4.69, 9.17) is 16.3 Å². The molecule has 6 heteroatoms. The van der Waals surface area contributed by atoms with Crippen molar-refractivity contribution in [3.05, 3.63) is 70.8 Å². The van der Waals surface area contributed by atoms with E-state index in [2.05, 4.69) is 0 Å². The summed E-state index contributed by atoms with van der Waals surface area (Å²) in [7, 11) is 1.61. The van der Waals surface area contributed by atoms with Crippen LogP contribution in [-0.2, 0) is 4.79 Å². The molecule has 0 bridgehead atoms. The second-order valence-electron chi connectivity index (χ2n) is 6.24. The van der Waals surface area contributed by atoms with Gasteiger partial charge in [0.05, 0.1) is 7.11 Å². The van der Waals surface area contributed by atoms with Gasteiger partial charge in [0.2, 0.25) is 5.91 Å². The minimum absolute atomic E-state index is 0.0588. The van der Waals surface area contributed by atoms with E-state index in [1.807, 2.05) is 24.3 Å². The second-order valence-corrected chi connectivity index (χ2v) is 6.67. The van der Waals surface area contributed by atoms with Gasteiger partial charge in [0.15, 0.2) is 0 Å². The van der Waals surface area contributed by atoms with E-state index in [0.29, 0.717) is 36.8 Å². The van der Waals surface area contributed by atoms with Crippen molar-refractivity contribution >= 4 is 29.5 Å². The maximum Gasteiger partial charge on any atom is 0.254 e. The number of carbonyl (C=O) groups is 2. The van der Waals surface area contributed by atoms with Crippen molar-refractivity contribution in [2.75, 3.05) is 33.3 Å². The average Bonchev–Trinajstić information content (AvgIpc) is 2.71. The van der Waals surface area contributed by atoms with Crippen LogP contribution in [0.1, 0.15) is 15.9 Å². The van der Waals surface area contributed by atoms with Gasteiger partial charge in [0.25, 0.3) is 5.91 Å². The number of hydrogen-bond acceptors (Lipinski definition) is 3. The van der Waals surface area contributed by atoms with Gasteiger partial charge in [-0.1, -0.05) is 29.8 Å². The van der Waals surface area contributed by atoms with Crippen molar-refractivity contribution in [3.8, 4) is 5.75 Å². The molecule has 2 aromatic rings. The van der Waals surface area contributed by atoms with Crippen LogP contribution in [0, 0.1) is 0 Å². The monoisotopic (exact) mass is 384 g/mol. The van der Waals surface area contributed by atoms with Crippen LogP contribution in [0.15, 0.2) is 54.6 Å². The fourth-order valence-corrected chi connectivity index (χ4v) is 3.14. The Morgan fingerprint density at radius 3 is 2.41 bits per heavy atom. The predicted octanol–water partition coefficient (Wildman–Crippen LogP) is 3.35. The molecule has 3 rings (SSSR count). The number of ether oxygens (including phenoxy) is 1. The summed E-state index contributed by atoms with van der Waals surface area (Å²) in [5.74, 6) is 0.627. The van der Waals surface area contributed by atoms with Crippen LogP contribution in [0.2, 0.25) is 5.02 Å². The van der Waals surface area contributed by atoms with Crippen LogP contribution in [0.3, 0.4) is 0 Å². The van der Waals surface area contributed by atoms with Crippen molar-refractivity contribution in [1.29, 1.82) is 0 Å². The summed E-state index contributed by atoms with van der Waals surface area (Å²) in [6.07, 6.45) is 3.33. The number of nitrogens with zero attached hydrogens (tertiary/aromatic N) is 2. The molecule has 27 heavy (non-hydrogen) atoms. The Kier molecular flexibility index (Phi) is 6.14. The Labute approximate surface area is 163 Å². The normalized spacial score (nSPS) is 14.4. The molecule has 5 nitrogen and oxygen atoms in total. The van der Waals surface area contributed by atoms with Crippen molar-refractivity contribution in [2.45, 2.75) is 0 Å². The lowest BCUT2D eigenvalue weighted by Crippen LogP contribution is -2.50. The molecule has 0 aliphatic carbocycles. The fraction of sp³-hybridized carbons (Fsp3) is 0.238. The standard InChI is InChI=1S/C21H21ClN2O3/c1-27-19-7-2-4-16(14-19)8-9-20(25)23-10-12-24(13-11-23)21(26)17-5-3-6-18(22)15-17/h2-9,14-15H,10-13H2,1H3. The van der Waals surface area contributed by atoms with Crippen LogP contribution >= 0.6 is 11.6 Å². The Morgan fingerprint density at radius 2 is 1.70 bits per heavy atom. The first kappa shape index (κ1) is 19.0. The van der Waals surface area contributed by atoms with Crippen molar-refractivity contribution in [1.82, 2.24) is 9.80 Å². The first-order valence-electron chi connectivity index (χ1n) is 8.73. The average molecular weight is 385 g/mol. The third-order valence-corrected chi connectivity index (χ3v) is 4.70. The second kappa shape index (κ2) is 8.73. The number of amides is 2. The number of carbonyl (C=O) groups excluding carboxylic acids is 2. The van der Waals surface area contributed by atoms with Crippen molar-refractivity contribution < 1.29 is 14.3 Å². The highest BCUT2D eigenvalue weighted by Crippen LogP contribution is 2.16. The number of benzene rings is 2. The molecule has 0 atom stereocenters. The molecule has 2 aromatic carbocycles. The molecule has 0 unspecified atom stereocenters. The molecule has 0 radical (unpaired) electrons. The van der Waals surface area contributed by atoms with Crippen molar-refractivity contribution in [2.24, 2.45) is 0 Å². The largest absolute Gasteiger partial charge is 0.497 e. The van der Waals surface area contributed by atoms with Gasteiger partial charge in [-0.2, -0.15) is 0 Å². The maximum absolute atomic E-state index is 12.5. The van der Waals surface area contributed by atoms with E-state index in [-0.39, 0.29) is 11.8 Å². The SMILES string of the molecule is COc1cccc(C=CC(=O)N2CCN(C(=O)c3cccc(Cl)c3)CC2)c1. The van der Waals surface area contributed by atoms with Crippen LogP contribution in [0.4, 0.5) is 0 Å². The highest BCUT2D eigenvalue weighted by atomic mass is 35.5. The Morgan fingerprint density at radius 1 is 1.00 bits per heavy atom. The molecule has 0 spiro atoms. The summed E-state index contributed by atoms with van der Waals surface area (Å²) in [4.78, 5) is 28.4. The zero-order chi connectivity index (χ0) is 19.2. The zero-order valence-electron chi connectivity index (χ0n) is 15.1. The smallest absolute Gasteiger partial charge is 0.254 e. The van der Waals surface area contributed by atoms with Crippen LogP contribution < -0.4 is 4.74 Å². The number of halogens is 1. The van der Waals surface area contributed by atoms with Gasteiger partial charge in [-0.05, 0) is 42.0 Å². The van der Waals surface area contributed by atoms with E-state index in [0.717, 1.165) is 11.3 Å². The third kappa shape index (κ3) is 4.89. The van der Waals surface area contributed by atoms with E-state index >= 15 is 0 Å². The molecule has 0 aromatic heterocycles. The molecule has 2 amide bonds. The first-order valence-corrected chi connectivity index (χ1v) is 9.10. The summed E-state index contributed by atoms with van der Waals surface area (Å²) < 4.78 is 5.18. The molecule has 0 N–H and O–H groups in total. The Bertz CT molecular complexity index is 858. The molecule has 1 saturated heterocycles. The molecule has 1 fully saturated rings. The zero-order valence-corrected chi connectivity index (χ0v) is 15.9. The highest BCUT2D eigenvalue weighted by Gasteiger charge is 2.23. The van der Waals surface area contributed by atoms with Gasteiger partial charge >= 0.3 is 0 Å². The number of piperazine rings is 1. The lowest BCUT2D eigenvalue weighted by atomic mass is 10.1. The van der Waals surface area contributed by atoms with E-state index < -0.39 is 0 Å². The number of hydrogen-bond donors (Lipinski definition) is 0. The third-order valence-electron chi connectivity index (χ3n) is 4.46. The molecular weight excluding hydrogens is 364 g/mol. The van der Waals surface area contributed by atoms with Crippen LogP contribution in [-0.4, -0.2) is 54.9 Å². The van der Waals surface area contributed by atoms with Gasteiger partial charge in [-0.3, -0.25) is 9.59 Å². The lowest BCUT2D eigenvalue weighted by Gasteiger charge is -2.34. The first-order chi connectivity index (χ1) is 13.1. The van der Waals surface area contributed by atoms with Crippen LogP contribution in [0.25, 0.3) is 6.08 Å². The van der Waals surface area contributed by atoms with E-state index in [1.54, 1.807) is 53.3 Å². The van der Waals surface area contributed by atoms with Crippen molar-refractivity contribution in [3.63, 3.8) is 0 Å². The lowest BCUT2D eigenvalue weighted by molar-refractivity contribution is -0.127. The summed E-state index contributed by atoms with van der Waals surface area (Å²) in [6, 6.07) is 14.4. The van der Waals surface area contributed by atoms with E-state index in [1.165, 1.54) is 0 Å². The summed E-state index contributed by atoms with van der Waals surface area (Å²) >= 11 is 5.96. The summed E-state index contributed by atoms with van der Waals surface area (Å²) in [5, 5.41) is 0.539. The number of rotatable bonds is 4. The predicted molar refractivity (Wildman–Crippen MR) is 106 cm³/mol. The molecule has 140 valence electrons. The Balaban J connectivity index is 1.56. The fourth-order valence-electron chi connectivity index (χ4n) is 2.95. The molecule has 1 aliphatic rings. The molecule has 1 aliphatic heterocycles. The highest BCUT2D eigenvalue weighted by molar-refractivity contribution is 6.30. The minimum atomic E-state index is -0.0623. The quantitative estimate of drug-likeness (QED) is 0.759. The van der Waals surface area contributed by atoms with Crippen LogP contribution in [0.5, 0.6) is 5.75 Å². The molecule has 0 saturated carbocycles. The van der Waals surface area contributed by atoms with E-state index in [9.17, 15) is 9.59 Å². The summed E-state index contributed by atoms with van der Waals surface area (Å²) in [5.41, 5.74) is 1.47. The van der Waals surface area contributed by atoms with Gasteiger partial charge in [-0.25, -0.2) is 0 Å².